The van der Waals surface area contributed by atoms with Gasteiger partial charge in [-0.2, -0.15) is 0 Å². The highest BCUT2D eigenvalue weighted by Gasteiger charge is 2.20. The lowest BCUT2D eigenvalue weighted by atomic mass is 10.1. The van der Waals surface area contributed by atoms with Crippen molar-refractivity contribution in [3.05, 3.63) is 40.1 Å². The summed E-state index contributed by atoms with van der Waals surface area (Å²) in [5.74, 6) is 2.17. The van der Waals surface area contributed by atoms with Crippen LogP contribution in [0.1, 0.15) is 28.1 Å². The van der Waals surface area contributed by atoms with Gasteiger partial charge in [-0.15, -0.1) is 11.3 Å². The highest BCUT2D eigenvalue weighted by Crippen LogP contribution is 2.35. The number of hydrogen-bond donors (Lipinski definition) is 1. The fraction of sp³-hybridized carbons (Fsp3) is 0.421. The van der Waals surface area contributed by atoms with Gasteiger partial charge in [-0.3, -0.25) is 4.79 Å². The fourth-order valence-electron chi connectivity index (χ4n) is 3.11. The fourth-order valence-corrected chi connectivity index (χ4v) is 3.91. The lowest BCUT2D eigenvalue weighted by molar-refractivity contribution is 0.0921. The number of nitrogens with zero attached hydrogens (tertiary/aromatic N) is 1. The van der Waals surface area contributed by atoms with E-state index in [1.807, 2.05) is 29.6 Å². The van der Waals surface area contributed by atoms with E-state index in [9.17, 15) is 4.79 Å². The van der Waals surface area contributed by atoms with Gasteiger partial charge in [-0.05, 0) is 56.6 Å². The van der Waals surface area contributed by atoms with Crippen LogP contribution in [0.25, 0.3) is 0 Å². The average Bonchev–Trinajstić information content (AvgIpc) is 3.30. The van der Waals surface area contributed by atoms with Crippen molar-refractivity contribution in [2.75, 3.05) is 26.9 Å². The summed E-state index contributed by atoms with van der Waals surface area (Å²) >= 11 is 1.45. The van der Waals surface area contributed by atoms with Crippen molar-refractivity contribution < 1.29 is 19.0 Å². The van der Waals surface area contributed by atoms with Crippen LogP contribution in [-0.2, 0) is 6.61 Å². The normalized spacial score (nSPS) is 17.3. The molecule has 6 nitrogen and oxygen atoms in total. The van der Waals surface area contributed by atoms with Gasteiger partial charge in [0.1, 0.15) is 12.4 Å². The van der Waals surface area contributed by atoms with Gasteiger partial charge in [-0.1, -0.05) is 0 Å². The Morgan fingerprint density at radius 2 is 2.08 bits per heavy atom. The summed E-state index contributed by atoms with van der Waals surface area (Å²) in [6.45, 7) is 2.73. The Hall–Kier alpha value is -2.25. The number of ether oxygens (including phenoxy) is 3. The van der Waals surface area contributed by atoms with Crippen LogP contribution in [-0.4, -0.2) is 43.8 Å². The van der Waals surface area contributed by atoms with E-state index in [4.69, 9.17) is 14.2 Å². The maximum Gasteiger partial charge on any atom is 0.261 e. The van der Waals surface area contributed by atoms with Crippen LogP contribution >= 0.6 is 11.3 Å². The lowest BCUT2D eigenvalue weighted by Crippen LogP contribution is -2.43. The molecule has 1 aromatic heterocycles. The second-order valence-electron chi connectivity index (χ2n) is 6.67. The van der Waals surface area contributed by atoms with E-state index < -0.39 is 0 Å². The first-order valence-corrected chi connectivity index (χ1v) is 9.64. The molecule has 1 fully saturated rings. The van der Waals surface area contributed by atoms with Crippen molar-refractivity contribution in [2.45, 2.75) is 25.5 Å². The Bertz CT molecular complexity index is 784. The molecule has 0 aliphatic carbocycles. The second kappa shape index (κ2) is 7.55. The molecule has 2 aliphatic rings. The Labute approximate surface area is 156 Å². The van der Waals surface area contributed by atoms with Crippen LogP contribution in [0.2, 0.25) is 0 Å². The summed E-state index contributed by atoms with van der Waals surface area (Å²) < 4.78 is 16.4. The van der Waals surface area contributed by atoms with Crippen LogP contribution < -0.4 is 19.5 Å². The standard InChI is InChI=1S/C19H22N2O4S/c1-21-6-4-14(5-7-21)20-19(22)18-8-13(11-26-18)10-23-15-2-3-16-17(9-15)25-12-24-16/h2-3,8-9,11,14H,4-7,10,12H2,1H3,(H,20,22). The third kappa shape index (κ3) is 3.94. The van der Waals surface area contributed by atoms with Gasteiger partial charge in [0.15, 0.2) is 11.5 Å². The van der Waals surface area contributed by atoms with Crippen molar-refractivity contribution >= 4 is 17.2 Å². The van der Waals surface area contributed by atoms with Gasteiger partial charge < -0.3 is 24.4 Å². The van der Waals surface area contributed by atoms with E-state index in [0.717, 1.165) is 47.9 Å². The van der Waals surface area contributed by atoms with Crippen LogP contribution in [0.4, 0.5) is 0 Å². The summed E-state index contributed by atoms with van der Waals surface area (Å²) in [5, 5.41) is 5.11. The molecular weight excluding hydrogens is 352 g/mol. The summed E-state index contributed by atoms with van der Waals surface area (Å²) in [7, 11) is 2.11. The highest BCUT2D eigenvalue weighted by molar-refractivity contribution is 7.12. The summed E-state index contributed by atoms with van der Waals surface area (Å²) in [5.41, 5.74) is 0.987. The molecule has 1 aromatic carbocycles. The van der Waals surface area contributed by atoms with Gasteiger partial charge in [0.2, 0.25) is 6.79 Å². The zero-order valence-electron chi connectivity index (χ0n) is 14.7. The first-order valence-electron chi connectivity index (χ1n) is 8.76. The molecule has 0 unspecified atom stereocenters. The monoisotopic (exact) mass is 374 g/mol. The molecule has 0 radical (unpaired) electrons. The number of carbonyl (C=O) groups is 1. The Balaban J connectivity index is 1.30. The first kappa shape index (κ1) is 17.2. The minimum absolute atomic E-state index is 0.0129. The minimum Gasteiger partial charge on any atom is -0.489 e. The van der Waals surface area contributed by atoms with E-state index in [0.29, 0.717) is 12.4 Å². The maximum absolute atomic E-state index is 12.4. The predicted molar refractivity (Wildman–Crippen MR) is 99.2 cm³/mol. The maximum atomic E-state index is 12.4. The minimum atomic E-state index is 0.0129. The van der Waals surface area contributed by atoms with E-state index in [1.54, 1.807) is 0 Å². The number of thiophene rings is 1. The van der Waals surface area contributed by atoms with Gasteiger partial charge in [0.05, 0.1) is 4.88 Å². The number of hydrogen-bond acceptors (Lipinski definition) is 6. The lowest BCUT2D eigenvalue weighted by Gasteiger charge is -2.29. The topological polar surface area (TPSA) is 60.0 Å². The third-order valence-corrected chi connectivity index (χ3v) is 5.66. The smallest absolute Gasteiger partial charge is 0.261 e. The number of carbonyl (C=O) groups excluding carboxylic acids is 1. The molecule has 1 N–H and O–H groups in total. The van der Waals surface area contributed by atoms with Crippen LogP contribution in [0.15, 0.2) is 29.6 Å². The molecule has 0 bridgehead atoms. The molecule has 138 valence electrons. The zero-order valence-corrected chi connectivity index (χ0v) is 15.5. The van der Waals surface area contributed by atoms with E-state index >= 15 is 0 Å². The van der Waals surface area contributed by atoms with E-state index in [-0.39, 0.29) is 18.7 Å². The number of nitrogens with one attached hydrogen (secondary N) is 1. The van der Waals surface area contributed by atoms with Crippen molar-refractivity contribution in [2.24, 2.45) is 0 Å². The molecule has 7 heteroatoms. The quantitative estimate of drug-likeness (QED) is 0.872. The Kier molecular flexibility index (Phi) is 4.99. The van der Waals surface area contributed by atoms with Crippen molar-refractivity contribution in [3.8, 4) is 17.2 Å². The van der Waals surface area contributed by atoms with Crippen LogP contribution in [0, 0.1) is 0 Å². The Morgan fingerprint density at radius 3 is 2.92 bits per heavy atom. The van der Waals surface area contributed by atoms with Crippen LogP contribution in [0.3, 0.4) is 0 Å². The van der Waals surface area contributed by atoms with Gasteiger partial charge in [0.25, 0.3) is 5.91 Å². The molecule has 0 atom stereocenters. The molecule has 3 heterocycles. The van der Waals surface area contributed by atoms with Crippen molar-refractivity contribution in [1.82, 2.24) is 10.2 Å². The number of likely N-dealkylation sites (tertiary alicyclic amines) is 1. The number of fused-ring (bicyclic) bond motifs is 1. The molecule has 2 aliphatic heterocycles. The molecule has 1 amide bonds. The molecule has 1 saturated heterocycles. The SMILES string of the molecule is CN1CCC(NC(=O)c2cc(COc3ccc4c(c3)OCO4)cs2)CC1. The Morgan fingerprint density at radius 1 is 1.27 bits per heavy atom. The van der Waals surface area contributed by atoms with Gasteiger partial charge in [-0.25, -0.2) is 0 Å². The largest absolute Gasteiger partial charge is 0.489 e. The molecule has 2 aromatic rings. The van der Waals surface area contributed by atoms with Gasteiger partial charge in [0, 0.05) is 17.7 Å². The first-order chi connectivity index (χ1) is 12.7. The molecule has 0 saturated carbocycles. The number of benzene rings is 1. The zero-order chi connectivity index (χ0) is 17.9. The van der Waals surface area contributed by atoms with Crippen molar-refractivity contribution in [1.29, 1.82) is 0 Å². The summed E-state index contributed by atoms with van der Waals surface area (Å²) in [6.07, 6.45) is 2.02. The predicted octanol–water partition coefficient (Wildman–Crippen LogP) is 2.88. The summed E-state index contributed by atoms with van der Waals surface area (Å²) in [6, 6.07) is 7.69. The average molecular weight is 374 g/mol. The third-order valence-electron chi connectivity index (χ3n) is 4.68. The number of rotatable bonds is 5. The van der Waals surface area contributed by atoms with Crippen molar-refractivity contribution in [3.63, 3.8) is 0 Å². The van der Waals surface area contributed by atoms with Crippen LogP contribution in [0.5, 0.6) is 17.2 Å². The highest BCUT2D eigenvalue weighted by atomic mass is 32.1. The molecule has 26 heavy (non-hydrogen) atoms. The second-order valence-corrected chi connectivity index (χ2v) is 7.59. The molecule has 4 rings (SSSR count). The molecular formula is C19H22N2O4S. The van der Waals surface area contributed by atoms with E-state index in [1.165, 1.54) is 11.3 Å². The summed E-state index contributed by atoms with van der Waals surface area (Å²) in [4.78, 5) is 15.4. The molecule has 0 spiro atoms. The van der Waals surface area contributed by atoms with Gasteiger partial charge >= 0.3 is 0 Å². The van der Waals surface area contributed by atoms with E-state index in [2.05, 4.69) is 17.3 Å². The number of piperidine rings is 1. The number of amides is 1.